The van der Waals surface area contributed by atoms with Gasteiger partial charge in [0.1, 0.15) is 5.56 Å². The summed E-state index contributed by atoms with van der Waals surface area (Å²) in [6.45, 7) is 5.31. The minimum Gasteiger partial charge on any atom is -0.480 e. The fourth-order valence-corrected chi connectivity index (χ4v) is 6.36. The van der Waals surface area contributed by atoms with Crippen molar-refractivity contribution >= 4 is 45.0 Å². The molecule has 12 heteroatoms. The van der Waals surface area contributed by atoms with E-state index in [-0.39, 0.29) is 23.2 Å². The van der Waals surface area contributed by atoms with Gasteiger partial charge in [0.25, 0.3) is 5.91 Å². The van der Waals surface area contributed by atoms with Crippen LogP contribution in [0.4, 0.5) is 5.69 Å². The predicted octanol–water partition coefficient (Wildman–Crippen LogP) is 3.12. The molecule has 1 aromatic carbocycles. The summed E-state index contributed by atoms with van der Waals surface area (Å²) in [5, 5.41) is 3.68. The summed E-state index contributed by atoms with van der Waals surface area (Å²) in [6, 6.07) is 9.69. The summed E-state index contributed by atoms with van der Waals surface area (Å²) in [4.78, 5) is 48.1. The molecule has 2 unspecified atom stereocenters. The molecule has 4 heterocycles. The van der Waals surface area contributed by atoms with E-state index in [1.807, 2.05) is 31.4 Å². The fourth-order valence-electron chi connectivity index (χ4n) is 5.20. The number of likely N-dealkylation sites (N-methyl/N-ethyl adjacent to an activating group) is 1. The van der Waals surface area contributed by atoms with Crippen LogP contribution in [-0.2, 0) is 14.3 Å². The van der Waals surface area contributed by atoms with Crippen molar-refractivity contribution in [1.29, 1.82) is 0 Å². The number of benzene rings is 1. The van der Waals surface area contributed by atoms with E-state index < -0.39 is 17.7 Å². The number of rotatable bonds is 5. The van der Waals surface area contributed by atoms with Gasteiger partial charge in [-0.05, 0) is 57.0 Å². The fraction of sp³-hybridized carbons (Fsp3) is 0.483. The molecule has 2 fully saturated rings. The van der Waals surface area contributed by atoms with Gasteiger partial charge in [-0.15, -0.1) is 11.3 Å². The number of para-hydroxylation sites is 1. The Morgan fingerprint density at radius 3 is 2.59 bits per heavy atom. The van der Waals surface area contributed by atoms with E-state index in [4.69, 9.17) is 20.2 Å². The Labute approximate surface area is 244 Å². The zero-order valence-electron chi connectivity index (χ0n) is 24.0. The number of hydrogen-bond acceptors (Lipinski definition) is 9. The molecule has 3 amide bonds. The van der Waals surface area contributed by atoms with Crippen LogP contribution in [0, 0.1) is 5.92 Å². The Morgan fingerprint density at radius 1 is 1.12 bits per heavy atom. The second kappa shape index (κ2) is 13.8. The van der Waals surface area contributed by atoms with Crippen LogP contribution in [0.25, 0.3) is 10.2 Å². The van der Waals surface area contributed by atoms with Crippen LogP contribution in [0.3, 0.4) is 0 Å². The van der Waals surface area contributed by atoms with Crippen molar-refractivity contribution in [3.63, 3.8) is 0 Å². The van der Waals surface area contributed by atoms with Gasteiger partial charge in [-0.25, -0.2) is 9.97 Å². The number of nitrogens with zero attached hydrogens (tertiary/aromatic N) is 4. The number of carbonyl (C=O) groups is 3. The summed E-state index contributed by atoms with van der Waals surface area (Å²) in [7, 11) is 5.32. The Bertz CT molecular complexity index is 1350. The lowest BCUT2D eigenvalue weighted by Gasteiger charge is -2.34. The molecule has 2 aliphatic rings. The predicted molar refractivity (Wildman–Crippen MR) is 158 cm³/mol. The normalized spacial score (nSPS) is 21.1. The van der Waals surface area contributed by atoms with Crippen molar-refractivity contribution < 1.29 is 23.9 Å². The summed E-state index contributed by atoms with van der Waals surface area (Å²) in [5.41, 5.74) is 6.59. The van der Waals surface area contributed by atoms with E-state index in [1.54, 1.807) is 0 Å². The minimum absolute atomic E-state index is 0.0318. The van der Waals surface area contributed by atoms with Gasteiger partial charge < -0.3 is 30.3 Å². The first kappa shape index (κ1) is 30.4. The zero-order valence-corrected chi connectivity index (χ0v) is 24.8. The number of pyridine rings is 1. The number of fused-ring (bicyclic) bond motifs is 1. The number of likely N-dealkylation sites (tertiary alicyclic amines) is 2. The SMILES string of the molecule is COC1CN(C)CC[C@@H]1c1nc2ccccc2s1.COc1ncc(NC(=O)C(=O)N2CCCC(C)C2)cc1C(N)=O. The van der Waals surface area contributed by atoms with Crippen LogP contribution in [0.5, 0.6) is 5.88 Å². The van der Waals surface area contributed by atoms with Gasteiger partial charge in [0, 0.05) is 32.7 Å². The molecule has 2 aliphatic heterocycles. The molecule has 0 saturated carbocycles. The van der Waals surface area contributed by atoms with E-state index in [0.29, 0.717) is 24.9 Å². The van der Waals surface area contributed by atoms with Crippen LogP contribution in [-0.4, -0.2) is 91.0 Å². The Kier molecular flexibility index (Phi) is 10.2. The van der Waals surface area contributed by atoms with Crippen molar-refractivity contribution in [2.45, 2.75) is 38.2 Å². The van der Waals surface area contributed by atoms with Crippen LogP contribution in [0.2, 0.25) is 0 Å². The molecule has 3 N–H and O–H groups in total. The van der Waals surface area contributed by atoms with E-state index in [0.717, 1.165) is 37.9 Å². The van der Waals surface area contributed by atoms with Gasteiger partial charge in [0.05, 0.1) is 40.3 Å². The second-order valence-electron chi connectivity index (χ2n) is 10.5. The molecular formula is C29H38N6O5S. The number of nitrogens with two attached hydrogens (primary N) is 1. The average Bonchev–Trinajstić information content (AvgIpc) is 3.41. The number of methoxy groups -OCH3 is 2. The third-order valence-corrected chi connectivity index (χ3v) is 8.57. The molecule has 2 saturated heterocycles. The van der Waals surface area contributed by atoms with E-state index >= 15 is 0 Å². The molecule has 2 aromatic heterocycles. The van der Waals surface area contributed by atoms with Gasteiger partial charge >= 0.3 is 11.8 Å². The maximum atomic E-state index is 12.2. The van der Waals surface area contributed by atoms with Gasteiger partial charge in [-0.3, -0.25) is 14.4 Å². The second-order valence-corrected chi connectivity index (χ2v) is 11.6. The number of ether oxygens (including phenoxy) is 2. The number of piperidine rings is 2. The number of hydrogen-bond donors (Lipinski definition) is 2. The highest BCUT2D eigenvalue weighted by Gasteiger charge is 2.31. The first-order valence-electron chi connectivity index (χ1n) is 13.7. The third-order valence-electron chi connectivity index (χ3n) is 7.40. The highest BCUT2D eigenvalue weighted by atomic mass is 32.1. The summed E-state index contributed by atoms with van der Waals surface area (Å²) in [5.74, 6) is -1.20. The Morgan fingerprint density at radius 2 is 1.90 bits per heavy atom. The van der Waals surface area contributed by atoms with Crippen molar-refractivity contribution in [2.24, 2.45) is 11.7 Å². The molecule has 41 heavy (non-hydrogen) atoms. The smallest absolute Gasteiger partial charge is 0.313 e. The lowest BCUT2D eigenvalue weighted by Crippen LogP contribution is -2.44. The molecular weight excluding hydrogens is 544 g/mol. The quantitative estimate of drug-likeness (QED) is 0.438. The molecule has 0 radical (unpaired) electrons. The van der Waals surface area contributed by atoms with Crippen molar-refractivity contribution in [3.05, 3.63) is 47.1 Å². The zero-order chi connectivity index (χ0) is 29.5. The molecule has 0 spiro atoms. The molecule has 3 aromatic rings. The standard InChI is InChI=1S/C15H20N4O4.C14H18N2OS/c1-9-4-3-5-19(8-9)15(22)13(21)18-10-6-11(12(16)20)14(23-2)17-7-10;1-16-8-7-10(12(9-16)17-2)14-15-11-5-3-4-6-13(11)18-14/h6-7,9H,3-5,8H2,1-2H3,(H2,16,20)(H,18,21);3-6,10,12H,7-9H2,1-2H3/t;10-,12?/m.0/s1. The van der Waals surface area contributed by atoms with Crippen LogP contribution in [0.1, 0.15) is 47.5 Å². The van der Waals surface area contributed by atoms with Crippen LogP contribution >= 0.6 is 11.3 Å². The molecule has 220 valence electrons. The van der Waals surface area contributed by atoms with Crippen LogP contribution < -0.4 is 15.8 Å². The molecule has 3 atom stereocenters. The summed E-state index contributed by atoms with van der Waals surface area (Å²) >= 11 is 1.81. The molecule has 0 aliphatic carbocycles. The average molecular weight is 583 g/mol. The van der Waals surface area contributed by atoms with Gasteiger partial charge in [0.15, 0.2) is 0 Å². The molecule has 11 nitrogen and oxygen atoms in total. The van der Waals surface area contributed by atoms with Crippen molar-refractivity contribution in [3.8, 4) is 5.88 Å². The number of anilines is 1. The Hall–Kier alpha value is -3.61. The monoisotopic (exact) mass is 582 g/mol. The lowest BCUT2D eigenvalue weighted by atomic mass is 9.94. The topological polar surface area (TPSA) is 140 Å². The van der Waals surface area contributed by atoms with Crippen molar-refractivity contribution in [1.82, 2.24) is 19.8 Å². The van der Waals surface area contributed by atoms with Gasteiger partial charge in [-0.1, -0.05) is 19.1 Å². The van der Waals surface area contributed by atoms with Crippen molar-refractivity contribution in [2.75, 3.05) is 52.8 Å². The first-order chi connectivity index (χ1) is 19.7. The number of nitrogens with one attached hydrogen (secondary N) is 1. The number of amides is 3. The van der Waals surface area contributed by atoms with Crippen LogP contribution in [0.15, 0.2) is 36.5 Å². The maximum Gasteiger partial charge on any atom is 0.313 e. The number of aromatic nitrogens is 2. The number of carbonyl (C=O) groups excluding carboxylic acids is 3. The highest BCUT2D eigenvalue weighted by molar-refractivity contribution is 7.18. The van der Waals surface area contributed by atoms with Gasteiger partial charge in [-0.2, -0.15) is 0 Å². The summed E-state index contributed by atoms with van der Waals surface area (Å²) in [6.07, 6.45) is 4.64. The first-order valence-corrected chi connectivity index (χ1v) is 14.5. The van der Waals surface area contributed by atoms with E-state index in [9.17, 15) is 14.4 Å². The molecule has 5 rings (SSSR count). The third kappa shape index (κ3) is 7.57. The number of thiazole rings is 1. The van der Waals surface area contributed by atoms with E-state index in [1.165, 1.54) is 34.0 Å². The van der Waals surface area contributed by atoms with Gasteiger partial charge in [0.2, 0.25) is 5.88 Å². The molecule has 0 bridgehead atoms. The number of primary amides is 1. The summed E-state index contributed by atoms with van der Waals surface area (Å²) < 4.78 is 11.8. The lowest BCUT2D eigenvalue weighted by molar-refractivity contribution is -0.144. The minimum atomic E-state index is -0.763. The highest BCUT2D eigenvalue weighted by Crippen LogP contribution is 2.34. The Balaban J connectivity index is 0.000000194. The van der Waals surface area contributed by atoms with E-state index in [2.05, 4.69) is 40.4 Å². The largest absolute Gasteiger partial charge is 0.480 e. The maximum absolute atomic E-state index is 12.2.